The number of nitrogens with zero attached hydrogens (tertiary/aromatic N) is 3. The van der Waals surface area contributed by atoms with Crippen molar-refractivity contribution in [1.29, 1.82) is 0 Å². The van der Waals surface area contributed by atoms with Gasteiger partial charge in [0.1, 0.15) is 5.82 Å². The molecule has 0 amide bonds. The Morgan fingerprint density at radius 3 is 2.73 bits per heavy atom. The van der Waals surface area contributed by atoms with Gasteiger partial charge in [-0.3, -0.25) is 0 Å². The van der Waals surface area contributed by atoms with Gasteiger partial charge in [0, 0.05) is 32.4 Å². The van der Waals surface area contributed by atoms with Crippen LogP contribution in [0.5, 0.6) is 0 Å². The van der Waals surface area contributed by atoms with E-state index in [0.717, 1.165) is 31.9 Å². The number of hydrogen-bond acceptors (Lipinski definition) is 5. The van der Waals surface area contributed by atoms with Crippen LogP contribution in [0, 0.1) is 0 Å². The molecule has 82 valence electrons. The van der Waals surface area contributed by atoms with Gasteiger partial charge in [-0.05, 0) is 19.2 Å². The second kappa shape index (κ2) is 4.46. The van der Waals surface area contributed by atoms with Crippen LogP contribution in [-0.4, -0.2) is 48.1 Å². The lowest BCUT2D eigenvalue weighted by Crippen LogP contribution is -2.47. The average molecular weight is 207 g/mol. The number of nitrogen functional groups attached to an aromatic ring is 1. The lowest BCUT2D eigenvalue weighted by Gasteiger charge is -2.33. The molecule has 0 bridgehead atoms. The number of aromatic nitrogens is 1. The number of pyridine rings is 1. The Hall–Kier alpha value is -1.33. The normalized spacial score (nSPS) is 19.0. The number of hydrazine groups is 1. The summed E-state index contributed by atoms with van der Waals surface area (Å²) in [7, 11) is 2.13. The minimum atomic E-state index is 0.552. The summed E-state index contributed by atoms with van der Waals surface area (Å²) < 4.78 is 0. The summed E-state index contributed by atoms with van der Waals surface area (Å²) in [5.74, 6) is 0.552. The zero-order chi connectivity index (χ0) is 10.7. The predicted molar refractivity (Wildman–Crippen MR) is 61.3 cm³/mol. The quantitative estimate of drug-likeness (QED) is 0.727. The molecule has 5 nitrogen and oxygen atoms in total. The van der Waals surface area contributed by atoms with Crippen LogP contribution < -0.4 is 11.2 Å². The highest BCUT2D eigenvalue weighted by Gasteiger charge is 2.13. The van der Waals surface area contributed by atoms with Gasteiger partial charge in [0.15, 0.2) is 0 Å². The maximum absolute atomic E-state index is 5.75. The summed E-state index contributed by atoms with van der Waals surface area (Å²) in [5, 5.41) is 2.17. The molecule has 5 heteroatoms. The lowest BCUT2D eigenvalue weighted by atomic mass is 10.3. The molecule has 0 spiro atoms. The average Bonchev–Trinajstić information content (AvgIpc) is 2.25. The molecule has 1 aromatic heterocycles. The summed E-state index contributed by atoms with van der Waals surface area (Å²) in [6.07, 6.45) is 1.70. The largest absolute Gasteiger partial charge is 0.382 e. The fourth-order valence-electron chi connectivity index (χ4n) is 1.60. The Morgan fingerprint density at radius 2 is 2.07 bits per heavy atom. The minimum Gasteiger partial charge on any atom is -0.382 e. The smallest absolute Gasteiger partial charge is 0.148 e. The van der Waals surface area contributed by atoms with Gasteiger partial charge < -0.3 is 16.1 Å². The van der Waals surface area contributed by atoms with Gasteiger partial charge in [-0.25, -0.2) is 9.99 Å². The van der Waals surface area contributed by atoms with E-state index in [1.165, 1.54) is 0 Å². The number of nitrogens with one attached hydrogen (secondary N) is 1. The first kappa shape index (κ1) is 10.2. The third-order valence-corrected chi connectivity index (χ3v) is 2.62. The van der Waals surface area contributed by atoms with E-state index in [1.807, 2.05) is 12.1 Å². The van der Waals surface area contributed by atoms with Gasteiger partial charge in [0.2, 0.25) is 0 Å². The molecular weight excluding hydrogens is 190 g/mol. The maximum atomic E-state index is 5.75. The van der Waals surface area contributed by atoms with E-state index in [2.05, 4.69) is 27.4 Å². The standard InChI is InChI=1S/C10H17N5/c1-14-5-7-15(8-6-14)13-9-3-2-4-12-10(9)11/h2-4,13H,5-8H2,1H3,(H2,11,12). The zero-order valence-electron chi connectivity index (χ0n) is 8.98. The van der Waals surface area contributed by atoms with Crippen molar-refractivity contribution in [3.8, 4) is 0 Å². The van der Waals surface area contributed by atoms with Gasteiger partial charge >= 0.3 is 0 Å². The number of anilines is 2. The fraction of sp³-hybridized carbons (Fsp3) is 0.500. The number of hydrogen-bond donors (Lipinski definition) is 2. The molecule has 3 N–H and O–H groups in total. The Balaban J connectivity index is 1.95. The molecule has 1 aliphatic heterocycles. The number of rotatable bonds is 2. The Labute approximate surface area is 89.8 Å². The first-order valence-corrected chi connectivity index (χ1v) is 5.16. The van der Waals surface area contributed by atoms with Crippen molar-refractivity contribution < 1.29 is 0 Å². The van der Waals surface area contributed by atoms with E-state index in [9.17, 15) is 0 Å². The molecule has 0 atom stereocenters. The Bertz CT molecular complexity index is 319. The van der Waals surface area contributed by atoms with Crippen LogP contribution in [0.25, 0.3) is 0 Å². The number of nitrogens with two attached hydrogens (primary N) is 1. The second-order valence-corrected chi connectivity index (χ2v) is 3.84. The van der Waals surface area contributed by atoms with Crippen molar-refractivity contribution >= 4 is 11.5 Å². The second-order valence-electron chi connectivity index (χ2n) is 3.84. The minimum absolute atomic E-state index is 0.552. The van der Waals surface area contributed by atoms with Crippen LogP contribution in [0.4, 0.5) is 11.5 Å². The van der Waals surface area contributed by atoms with E-state index in [0.29, 0.717) is 5.82 Å². The highest BCUT2D eigenvalue weighted by atomic mass is 15.5. The van der Waals surface area contributed by atoms with E-state index >= 15 is 0 Å². The van der Waals surface area contributed by atoms with Crippen molar-refractivity contribution in [2.24, 2.45) is 0 Å². The van der Waals surface area contributed by atoms with Gasteiger partial charge in [-0.1, -0.05) is 0 Å². The number of piperazine rings is 1. The molecular formula is C10H17N5. The Morgan fingerprint density at radius 1 is 1.33 bits per heavy atom. The molecule has 1 fully saturated rings. The summed E-state index contributed by atoms with van der Waals surface area (Å²) in [4.78, 5) is 6.35. The molecule has 2 rings (SSSR count). The van der Waals surface area contributed by atoms with Crippen molar-refractivity contribution in [3.63, 3.8) is 0 Å². The third-order valence-electron chi connectivity index (χ3n) is 2.62. The van der Waals surface area contributed by atoms with E-state index in [1.54, 1.807) is 6.20 Å². The molecule has 0 unspecified atom stereocenters. The molecule has 2 heterocycles. The van der Waals surface area contributed by atoms with E-state index < -0.39 is 0 Å². The van der Waals surface area contributed by atoms with Gasteiger partial charge in [-0.15, -0.1) is 0 Å². The predicted octanol–water partition coefficient (Wildman–Crippen LogP) is 0.238. The van der Waals surface area contributed by atoms with Crippen LogP contribution in [0.15, 0.2) is 18.3 Å². The highest BCUT2D eigenvalue weighted by Crippen LogP contribution is 2.15. The van der Waals surface area contributed by atoms with Crippen LogP contribution in [0.1, 0.15) is 0 Å². The molecule has 1 aromatic rings. The van der Waals surface area contributed by atoms with Crippen LogP contribution in [0.3, 0.4) is 0 Å². The lowest BCUT2D eigenvalue weighted by molar-refractivity contribution is 0.179. The molecule has 15 heavy (non-hydrogen) atoms. The third kappa shape index (κ3) is 2.57. The molecule has 0 saturated carbocycles. The summed E-state index contributed by atoms with van der Waals surface area (Å²) in [6, 6.07) is 3.83. The highest BCUT2D eigenvalue weighted by molar-refractivity contribution is 5.60. The van der Waals surface area contributed by atoms with Crippen molar-refractivity contribution in [3.05, 3.63) is 18.3 Å². The summed E-state index contributed by atoms with van der Waals surface area (Å²) in [6.45, 7) is 4.16. The maximum Gasteiger partial charge on any atom is 0.148 e. The summed E-state index contributed by atoms with van der Waals surface area (Å²) in [5.41, 5.74) is 9.93. The first-order valence-electron chi connectivity index (χ1n) is 5.16. The van der Waals surface area contributed by atoms with Crippen molar-refractivity contribution in [1.82, 2.24) is 14.9 Å². The van der Waals surface area contributed by atoms with Crippen LogP contribution in [0.2, 0.25) is 0 Å². The fourth-order valence-corrected chi connectivity index (χ4v) is 1.60. The van der Waals surface area contributed by atoms with E-state index in [4.69, 9.17) is 5.73 Å². The molecule has 0 aliphatic carbocycles. The van der Waals surface area contributed by atoms with E-state index in [-0.39, 0.29) is 0 Å². The zero-order valence-corrected chi connectivity index (χ0v) is 8.98. The van der Waals surface area contributed by atoms with Crippen LogP contribution in [-0.2, 0) is 0 Å². The van der Waals surface area contributed by atoms with Gasteiger partial charge in [0.05, 0.1) is 5.69 Å². The molecule has 1 aliphatic rings. The van der Waals surface area contributed by atoms with Gasteiger partial charge in [0.25, 0.3) is 0 Å². The topological polar surface area (TPSA) is 57.4 Å². The molecule has 1 saturated heterocycles. The Kier molecular flexibility index (Phi) is 3.03. The molecule has 0 radical (unpaired) electrons. The number of likely N-dealkylation sites (N-methyl/N-ethyl adjacent to an activating group) is 1. The van der Waals surface area contributed by atoms with Gasteiger partial charge in [-0.2, -0.15) is 0 Å². The SMILES string of the molecule is CN1CCN(Nc2cccnc2N)CC1. The first-order chi connectivity index (χ1) is 7.25. The van der Waals surface area contributed by atoms with Crippen molar-refractivity contribution in [2.75, 3.05) is 44.4 Å². The van der Waals surface area contributed by atoms with Crippen LogP contribution >= 0.6 is 0 Å². The monoisotopic (exact) mass is 207 g/mol. The summed E-state index contributed by atoms with van der Waals surface area (Å²) >= 11 is 0. The van der Waals surface area contributed by atoms with Crippen molar-refractivity contribution in [2.45, 2.75) is 0 Å². The molecule has 0 aromatic carbocycles.